The summed E-state index contributed by atoms with van der Waals surface area (Å²) in [4.78, 5) is 9.06. The number of rotatable bonds is 7. The van der Waals surface area contributed by atoms with Crippen molar-refractivity contribution in [2.24, 2.45) is 0 Å². The highest BCUT2D eigenvalue weighted by Crippen LogP contribution is 2.32. The van der Waals surface area contributed by atoms with Gasteiger partial charge in [0.25, 0.3) is 10.0 Å². The minimum atomic E-state index is -4.05. The van der Waals surface area contributed by atoms with Crippen LogP contribution in [0.5, 0.6) is 5.75 Å². The molecule has 4 aromatic rings. The van der Waals surface area contributed by atoms with E-state index in [9.17, 15) is 8.42 Å². The van der Waals surface area contributed by atoms with Gasteiger partial charge in [-0.15, -0.1) is 0 Å². The maximum atomic E-state index is 13.3. The zero-order valence-corrected chi connectivity index (χ0v) is 20.0. The van der Waals surface area contributed by atoms with Gasteiger partial charge in [0, 0.05) is 15.2 Å². The van der Waals surface area contributed by atoms with E-state index in [2.05, 4.69) is 35.9 Å². The van der Waals surface area contributed by atoms with Crippen molar-refractivity contribution in [3.63, 3.8) is 0 Å². The molecule has 4 rings (SSSR count). The first kappa shape index (κ1) is 22.3. The highest BCUT2D eigenvalue weighted by molar-refractivity contribution is 9.10. The van der Waals surface area contributed by atoms with Gasteiger partial charge in [0.15, 0.2) is 11.6 Å². The predicted octanol–water partition coefficient (Wildman–Crippen LogP) is 5.99. The third-order valence-electron chi connectivity index (χ3n) is 4.38. The summed E-state index contributed by atoms with van der Waals surface area (Å²) in [7, 11) is -4.05. The molecule has 0 saturated heterocycles. The fourth-order valence-corrected chi connectivity index (χ4v) is 4.89. The van der Waals surface area contributed by atoms with Gasteiger partial charge >= 0.3 is 0 Å². The topological polar surface area (TPSA) is 93.2 Å². The van der Waals surface area contributed by atoms with Crippen LogP contribution in [0.2, 0.25) is 5.02 Å². The van der Waals surface area contributed by atoms with Gasteiger partial charge in [-0.1, -0.05) is 45.7 Å². The van der Waals surface area contributed by atoms with Crippen LogP contribution < -0.4 is 14.8 Å². The number of hydrogen-bond donors (Lipinski definition) is 2. The van der Waals surface area contributed by atoms with Crippen molar-refractivity contribution >= 4 is 65.9 Å². The fraction of sp³-hybridized carbons (Fsp3) is 0.0909. The molecule has 32 heavy (non-hydrogen) atoms. The van der Waals surface area contributed by atoms with E-state index in [-0.39, 0.29) is 22.3 Å². The molecule has 0 amide bonds. The Morgan fingerprint density at radius 2 is 1.69 bits per heavy atom. The van der Waals surface area contributed by atoms with Gasteiger partial charge in [-0.3, -0.25) is 4.72 Å². The van der Waals surface area contributed by atoms with Crippen LogP contribution in [0.3, 0.4) is 0 Å². The number of ether oxygens (including phenoxy) is 1. The number of fused-ring (bicyclic) bond motifs is 1. The van der Waals surface area contributed by atoms with Crippen molar-refractivity contribution in [3.05, 3.63) is 76.2 Å². The second kappa shape index (κ2) is 9.32. The minimum absolute atomic E-state index is 0.0163. The van der Waals surface area contributed by atoms with Gasteiger partial charge in [-0.05, 0) is 55.5 Å². The summed E-state index contributed by atoms with van der Waals surface area (Å²) >= 11 is 9.41. The Hall–Kier alpha value is -2.88. The van der Waals surface area contributed by atoms with Crippen molar-refractivity contribution in [2.75, 3.05) is 16.6 Å². The average Bonchev–Trinajstić information content (AvgIpc) is 2.75. The van der Waals surface area contributed by atoms with Crippen molar-refractivity contribution in [1.82, 2.24) is 9.97 Å². The summed E-state index contributed by atoms with van der Waals surface area (Å²) in [6.07, 6.45) is 0. The van der Waals surface area contributed by atoms with Crippen LogP contribution in [0.4, 0.5) is 17.3 Å². The average molecular weight is 534 g/mol. The second-order valence-corrected chi connectivity index (χ2v) is 9.68. The number of nitrogens with zero attached hydrogens (tertiary/aromatic N) is 2. The van der Waals surface area contributed by atoms with E-state index >= 15 is 0 Å². The van der Waals surface area contributed by atoms with Gasteiger partial charge in [0.05, 0.1) is 17.6 Å². The number of sulfonamides is 1. The van der Waals surface area contributed by atoms with Crippen molar-refractivity contribution < 1.29 is 13.2 Å². The first-order valence-corrected chi connectivity index (χ1v) is 12.3. The third-order valence-corrected chi connectivity index (χ3v) is 6.47. The molecule has 3 aromatic carbocycles. The molecule has 0 saturated carbocycles. The molecular formula is C22H18BrClN4O3S. The molecule has 0 bridgehead atoms. The molecule has 1 heterocycles. The molecule has 10 heteroatoms. The van der Waals surface area contributed by atoms with Crippen LogP contribution in [0.1, 0.15) is 6.92 Å². The van der Waals surface area contributed by atoms with Crippen LogP contribution in [-0.2, 0) is 10.0 Å². The number of anilines is 3. The van der Waals surface area contributed by atoms with Crippen molar-refractivity contribution in [1.29, 1.82) is 0 Å². The van der Waals surface area contributed by atoms with E-state index in [0.717, 1.165) is 0 Å². The Bertz CT molecular complexity index is 1400. The van der Waals surface area contributed by atoms with Gasteiger partial charge in [0.2, 0.25) is 0 Å². The van der Waals surface area contributed by atoms with E-state index in [1.165, 1.54) is 6.07 Å². The lowest BCUT2D eigenvalue weighted by atomic mass is 10.3. The van der Waals surface area contributed by atoms with Crippen LogP contribution in [0, 0.1) is 0 Å². The van der Waals surface area contributed by atoms with Crippen LogP contribution in [0.15, 0.2) is 76.1 Å². The largest absolute Gasteiger partial charge is 0.492 e. The molecule has 0 fully saturated rings. The van der Waals surface area contributed by atoms with E-state index in [0.29, 0.717) is 32.8 Å². The fourth-order valence-electron chi connectivity index (χ4n) is 3.01. The zero-order chi connectivity index (χ0) is 22.7. The standard InChI is InChI=1S/C22H18BrClN4O3S/c1-2-31-19-11-10-14(23)12-20(19)32(29,30)28-22-21(25-16-7-5-6-15(24)13-16)26-17-8-3-4-9-18(17)27-22/h3-13H,2H2,1H3,(H,25,26)(H,27,28). The molecule has 0 atom stereocenters. The van der Waals surface area contributed by atoms with E-state index in [4.69, 9.17) is 16.3 Å². The predicted molar refractivity (Wildman–Crippen MR) is 130 cm³/mol. The summed E-state index contributed by atoms with van der Waals surface area (Å²) in [5, 5.41) is 3.63. The molecule has 0 aliphatic carbocycles. The van der Waals surface area contributed by atoms with Crippen molar-refractivity contribution in [3.8, 4) is 5.75 Å². The lowest BCUT2D eigenvalue weighted by Gasteiger charge is -2.16. The molecule has 0 aliphatic heterocycles. The number of nitrogens with one attached hydrogen (secondary N) is 2. The van der Waals surface area contributed by atoms with Gasteiger partial charge in [-0.25, -0.2) is 18.4 Å². The Labute approximate surface area is 199 Å². The minimum Gasteiger partial charge on any atom is -0.492 e. The van der Waals surface area contributed by atoms with Crippen LogP contribution >= 0.6 is 27.5 Å². The summed E-state index contributed by atoms with van der Waals surface area (Å²) < 4.78 is 35.3. The van der Waals surface area contributed by atoms with E-state index in [1.807, 2.05) is 6.07 Å². The normalized spacial score (nSPS) is 11.3. The lowest BCUT2D eigenvalue weighted by molar-refractivity contribution is 0.331. The quantitative estimate of drug-likeness (QED) is 0.303. The molecule has 0 spiro atoms. The zero-order valence-electron chi connectivity index (χ0n) is 16.8. The summed E-state index contributed by atoms with van der Waals surface area (Å²) in [5.41, 5.74) is 1.79. The number of para-hydroxylation sites is 2. The maximum absolute atomic E-state index is 13.3. The smallest absolute Gasteiger partial charge is 0.266 e. The van der Waals surface area contributed by atoms with Crippen molar-refractivity contribution in [2.45, 2.75) is 11.8 Å². The van der Waals surface area contributed by atoms with Gasteiger partial charge in [-0.2, -0.15) is 0 Å². The molecule has 0 radical (unpaired) electrons. The van der Waals surface area contributed by atoms with Crippen LogP contribution in [-0.4, -0.2) is 25.0 Å². The molecule has 0 aliphatic rings. The van der Waals surface area contributed by atoms with Gasteiger partial charge < -0.3 is 10.1 Å². The third kappa shape index (κ3) is 4.95. The first-order valence-electron chi connectivity index (χ1n) is 9.60. The molecule has 7 nitrogen and oxygen atoms in total. The van der Waals surface area contributed by atoms with E-state index in [1.54, 1.807) is 61.5 Å². The highest BCUT2D eigenvalue weighted by Gasteiger charge is 2.23. The summed E-state index contributed by atoms with van der Waals surface area (Å²) in [6.45, 7) is 2.11. The first-order chi connectivity index (χ1) is 15.4. The SMILES string of the molecule is CCOc1ccc(Br)cc1S(=O)(=O)Nc1nc2ccccc2nc1Nc1cccc(Cl)c1. The molecule has 164 valence electrons. The Kier molecular flexibility index (Phi) is 6.50. The highest BCUT2D eigenvalue weighted by atomic mass is 79.9. The number of benzene rings is 3. The summed E-state index contributed by atoms with van der Waals surface area (Å²) in [6, 6.07) is 19.0. The molecule has 0 unspecified atom stereocenters. The van der Waals surface area contributed by atoms with E-state index < -0.39 is 10.0 Å². The molecule has 2 N–H and O–H groups in total. The second-order valence-electron chi connectivity index (χ2n) is 6.67. The number of halogens is 2. The Morgan fingerprint density at radius 1 is 0.969 bits per heavy atom. The van der Waals surface area contributed by atoms with Gasteiger partial charge in [0.1, 0.15) is 10.6 Å². The Balaban J connectivity index is 1.80. The molecule has 1 aromatic heterocycles. The number of aromatic nitrogens is 2. The van der Waals surface area contributed by atoms with Crippen LogP contribution in [0.25, 0.3) is 11.0 Å². The molecular weight excluding hydrogens is 516 g/mol. The maximum Gasteiger partial charge on any atom is 0.266 e. The lowest BCUT2D eigenvalue weighted by Crippen LogP contribution is -2.17. The number of hydrogen-bond acceptors (Lipinski definition) is 6. The summed E-state index contributed by atoms with van der Waals surface area (Å²) in [5.74, 6) is 0.523. The Morgan fingerprint density at radius 3 is 2.38 bits per heavy atom. The monoisotopic (exact) mass is 532 g/mol.